The van der Waals surface area contributed by atoms with Crippen molar-refractivity contribution in [3.8, 4) is 0 Å². The van der Waals surface area contributed by atoms with E-state index in [2.05, 4.69) is 0 Å². The molecule has 0 aromatic heterocycles. The van der Waals surface area contributed by atoms with Crippen molar-refractivity contribution in [1.82, 2.24) is 14.7 Å². The monoisotopic (exact) mass is 425 g/mol. The molecular formula is C23H43N3O4. The Morgan fingerprint density at radius 3 is 1.10 bits per heavy atom. The largest absolute Gasteiger partial charge is 0.378 e. The highest BCUT2D eigenvalue weighted by Gasteiger charge is 2.22. The van der Waals surface area contributed by atoms with Gasteiger partial charge in [0.05, 0.1) is 13.2 Å². The van der Waals surface area contributed by atoms with Crippen LogP contribution < -0.4 is 0 Å². The van der Waals surface area contributed by atoms with E-state index >= 15 is 0 Å². The maximum absolute atomic E-state index is 11.4. The molecule has 3 heterocycles. The van der Waals surface area contributed by atoms with Gasteiger partial charge in [-0.15, -0.1) is 0 Å². The van der Waals surface area contributed by atoms with Crippen LogP contribution in [-0.2, 0) is 19.1 Å². The summed E-state index contributed by atoms with van der Waals surface area (Å²) in [6, 6.07) is 0. The van der Waals surface area contributed by atoms with Crippen LogP contribution in [0.25, 0.3) is 0 Å². The van der Waals surface area contributed by atoms with Crippen molar-refractivity contribution >= 4 is 17.7 Å². The number of likely N-dealkylation sites (tertiary alicyclic amines) is 2. The normalized spacial score (nSPS) is 18.5. The van der Waals surface area contributed by atoms with E-state index in [4.69, 9.17) is 4.74 Å². The number of ether oxygens (including phenoxy) is 1. The van der Waals surface area contributed by atoms with Crippen LogP contribution in [0.3, 0.4) is 0 Å². The molecule has 0 aromatic rings. The quantitative estimate of drug-likeness (QED) is 0.697. The molecule has 0 radical (unpaired) electrons. The molecule has 3 aliphatic heterocycles. The Kier molecular flexibility index (Phi) is 12.0. The van der Waals surface area contributed by atoms with Gasteiger partial charge in [-0.3, -0.25) is 14.4 Å². The molecule has 7 heteroatoms. The molecule has 7 nitrogen and oxygen atoms in total. The lowest BCUT2D eigenvalue weighted by Gasteiger charge is -2.32. The van der Waals surface area contributed by atoms with Crippen molar-refractivity contribution in [3.63, 3.8) is 0 Å². The lowest BCUT2D eigenvalue weighted by Crippen LogP contribution is -2.44. The van der Waals surface area contributed by atoms with E-state index in [1.807, 2.05) is 56.2 Å². The molecule has 3 rings (SSSR count). The van der Waals surface area contributed by atoms with Crippen LogP contribution in [0, 0.1) is 17.8 Å². The predicted octanol–water partition coefficient (Wildman–Crippen LogP) is 2.64. The van der Waals surface area contributed by atoms with E-state index < -0.39 is 0 Å². The van der Waals surface area contributed by atoms with Crippen LogP contribution >= 0.6 is 0 Å². The number of hydrogen-bond acceptors (Lipinski definition) is 4. The molecule has 0 unspecified atom stereocenters. The van der Waals surface area contributed by atoms with Gasteiger partial charge in [-0.05, 0) is 19.3 Å². The highest BCUT2D eigenvalue weighted by Crippen LogP contribution is 2.11. The Morgan fingerprint density at radius 2 is 0.833 bits per heavy atom. The van der Waals surface area contributed by atoms with Gasteiger partial charge in [0.2, 0.25) is 17.7 Å². The summed E-state index contributed by atoms with van der Waals surface area (Å²) in [6.07, 6.45) is 3.58. The average molecular weight is 426 g/mol. The molecule has 0 N–H and O–H groups in total. The van der Waals surface area contributed by atoms with Crippen molar-refractivity contribution < 1.29 is 19.1 Å². The van der Waals surface area contributed by atoms with Crippen LogP contribution in [0.1, 0.15) is 60.8 Å². The third-order valence-electron chi connectivity index (χ3n) is 5.39. The van der Waals surface area contributed by atoms with E-state index in [-0.39, 0.29) is 23.7 Å². The Balaban J connectivity index is 0.000000226. The Hall–Kier alpha value is -1.63. The van der Waals surface area contributed by atoms with Crippen molar-refractivity contribution in [2.45, 2.75) is 60.8 Å². The van der Waals surface area contributed by atoms with Gasteiger partial charge < -0.3 is 19.4 Å². The van der Waals surface area contributed by atoms with Gasteiger partial charge in [0, 0.05) is 57.0 Å². The Morgan fingerprint density at radius 1 is 0.533 bits per heavy atom. The first kappa shape index (κ1) is 26.4. The first-order chi connectivity index (χ1) is 14.1. The van der Waals surface area contributed by atoms with E-state index in [0.29, 0.717) is 25.0 Å². The van der Waals surface area contributed by atoms with Gasteiger partial charge in [0.25, 0.3) is 0 Å². The van der Waals surface area contributed by atoms with Crippen LogP contribution in [0.2, 0.25) is 0 Å². The van der Waals surface area contributed by atoms with Crippen molar-refractivity contribution in [2.75, 3.05) is 52.5 Å². The zero-order valence-electron chi connectivity index (χ0n) is 20.0. The summed E-state index contributed by atoms with van der Waals surface area (Å²) in [5, 5.41) is 0. The lowest BCUT2D eigenvalue weighted by molar-refractivity contribution is -0.138. The summed E-state index contributed by atoms with van der Waals surface area (Å²) in [7, 11) is 0. The minimum absolute atomic E-state index is 0.119. The van der Waals surface area contributed by atoms with E-state index in [9.17, 15) is 14.4 Å². The average Bonchev–Trinajstić information content (AvgIpc) is 3.21. The molecule has 30 heavy (non-hydrogen) atoms. The molecule has 0 aliphatic carbocycles. The minimum atomic E-state index is 0.119. The zero-order chi connectivity index (χ0) is 22.7. The zero-order valence-corrected chi connectivity index (χ0v) is 20.0. The fourth-order valence-electron chi connectivity index (χ4n) is 3.35. The molecule has 3 fully saturated rings. The summed E-state index contributed by atoms with van der Waals surface area (Å²) in [5.41, 5.74) is 0. The SMILES string of the molecule is CC(C)C(=O)N1CCC1.CC(C)C(=O)N1CCCC1.CC(C)C(=O)N1CCOCC1. The predicted molar refractivity (Wildman–Crippen MR) is 119 cm³/mol. The first-order valence-corrected chi connectivity index (χ1v) is 11.6. The molecule has 0 atom stereocenters. The molecule has 0 bridgehead atoms. The number of amides is 3. The van der Waals surface area contributed by atoms with Crippen LogP contribution in [0.4, 0.5) is 0 Å². The van der Waals surface area contributed by atoms with Gasteiger partial charge in [0.15, 0.2) is 0 Å². The molecule has 0 spiro atoms. The summed E-state index contributed by atoms with van der Waals surface area (Å²) >= 11 is 0. The molecular weight excluding hydrogens is 382 g/mol. The van der Waals surface area contributed by atoms with Crippen molar-refractivity contribution in [2.24, 2.45) is 17.8 Å². The maximum atomic E-state index is 11.4. The molecule has 0 saturated carbocycles. The smallest absolute Gasteiger partial charge is 0.225 e. The van der Waals surface area contributed by atoms with Crippen molar-refractivity contribution in [1.29, 1.82) is 0 Å². The second-order valence-electron chi connectivity index (χ2n) is 9.11. The number of carbonyl (C=O) groups is 3. The Labute approximate surface area is 183 Å². The van der Waals surface area contributed by atoms with Gasteiger partial charge in [-0.1, -0.05) is 41.5 Å². The van der Waals surface area contributed by atoms with Gasteiger partial charge in [0.1, 0.15) is 0 Å². The molecule has 3 saturated heterocycles. The number of hydrogen-bond donors (Lipinski definition) is 0. The lowest BCUT2D eigenvalue weighted by atomic mass is 10.1. The molecule has 3 aliphatic rings. The molecule has 3 amide bonds. The summed E-state index contributed by atoms with van der Waals surface area (Å²) in [6.45, 7) is 18.5. The molecule has 174 valence electrons. The summed E-state index contributed by atoms with van der Waals surface area (Å²) < 4.78 is 5.14. The first-order valence-electron chi connectivity index (χ1n) is 11.6. The number of nitrogens with zero attached hydrogens (tertiary/aromatic N) is 3. The summed E-state index contributed by atoms with van der Waals surface area (Å²) in [5.74, 6) is 1.35. The fourth-order valence-corrected chi connectivity index (χ4v) is 3.35. The highest BCUT2D eigenvalue weighted by atomic mass is 16.5. The van der Waals surface area contributed by atoms with Crippen molar-refractivity contribution in [3.05, 3.63) is 0 Å². The maximum Gasteiger partial charge on any atom is 0.225 e. The third kappa shape index (κ3) is 9.02. The second-order valence-corrected chi connectivity index (χ2v) is 9.11. The van der Waals surface area contributed by atoms with Gasteiger partial charge in [-0.2, -0.15) is 0 Å². The number of morpholine rings is 1. The van der Waals surface area contributed by atoms with Gasteiger partial charge >= 0.3 is 0 Å². The van der Waals surface area contributed by atoms with E-state index in [1.165, 1.54) is 19.3 Å². The highest BCUT2D eigenvalue weighted by molar-refractivity contribution is 5.79. The fraction of sp³-hybridized carbons (Fsp3) is 0.870. The number of rotatable bonds is 3. The van der Waals surface area contributed by atoms with Crippen LogP contribution in [-0.4, -0.2) is 84.9 Å². The Bertz CT molecular complexity index is 533. The topological polar surface area (TPSA) is 70.2 Å². The summed E-state index contributed by atoms with van der Waals surface area (Å²) in [4.78, 5) is 39.4. The second kappa shape index (κ2) is 13.6. The van der Waals surface area contributed by atoms with E-state index in [1.54, 1.807) is 0 Å². The third-order valence-corrected chi connectivity index (χ3v) is 5.39. The van der Waals surface area contributed by atoms with Gasteiger partial charge in [-0.25, -0.2) is 0 Å². The minimum Gasteiger partial charge on any atom is -0.378 e. The molecule has 0 aromatic carbocycles. The van der Waals surface area contributed by atoms with Crippen LogP contribution in [0.5, 0.6) is 0 Å². The van der Waals surface area contributed by atoms with E-state index in [0.717, 1.165) is 39.3 Å². The number of carbonyl (C=O) groups excluding carboxylic acids is 3. The van der Waals surface area contributed by atoms with Crippen LogP contribution in [0.15, 0.2) is 0 Å². The standard InChI is InChI=1S/C8H15NO2.C8H15NO.C7H13NO/c1-7(2)8(10)9-3-5-11-6-4-9;1-7(2)8(10)9-5-3-4-6-9;1-6(2)7(9)8-4-3-5-8/h7H,3-6H2,1-2H3;7H,3-6H2,1-2H3;6H,3-5H2,1-2H3.